The molecule has 2 saturated heterocycles. The van der Waals surface area contributed by atoms with Crippen LogP contribution in [0.5, 0.6) is 0 Å². The van der Waals surface area contributed by atoms with Crippen LogP contribution in [0.25, 0.3) is 0 Å². The summed E-state index contributed by atoms with van der Waals surface area (Å²) in [7, 11) is -5.19. The minimum absolute atomic E-state index is 0. The van der Waals surface area contributed by atoms with Gasteiger partial charge in [-0.15, -0.1) is 0 Å². The van der Waals surface area contributed by atoms with E-state index < -0.39 is 81.4 Å². The van der Waals surface area contributed by atoms with Crippen LogP contribution in [0.2, 0.25) is 0 Å². The number of aliphatic hydroxyl groups excluding tert-OH is 5. The number of hydrogen-bond donors (Lipinski definition) is 6. The second-order valence-electron chi connectivity index (χ2n) is 7.46. The first kappa shape index (κ1) is 28.3. The molecule has 9 atom stereocenters. The maximum Gasteiger partial charge on any atom is 1.00 e. The summed E-state index contributed by atoms with van der Waals surface area (Å²) >= 11 is 0. The number of H-pyrrole nitrogens is 1. The molecule has 1 unspecified atom stereocenters. The summed E-state index contributed by atoms with van der Waals surface area (Å²) in [5.41, 5.74) is -1.14. The predicted octanol–water partition coefficient (Wildman–Crippen LogP) is -7.20. The monoisotopic (exact) mass is 490 g/mol. The number of aliphatic hydroxyl groups is 5. The summed E-state index contributed by atoms with van der Waals surface area (Å²) in [6.45, 7) is -0.0559. The fourth-order valence-corrected chi connectivity index (χ4v) is 4.13. The molecule has 3 heterocycles. The van der Waals surface area contributed by atoms with Gasteiger partial charge in [-0.05, 0) is 6.92 Å². The van der Waals surface area contributed by atoms with Crippen molar-refractivity contribution >= 4 is 7.82 Å². The molecule has 0 aromatic carbocycles. The summed E-state index contributed by atoms with van der Waals surface area (Å²) in [5.74, 6) is 0. The minimum Gasteiger partial charge on any atom is -0.756 e. The second kappa shape index (κ2) is 11.2. The normalized spacial score (nSPS) is 36.2. The molecule has 2 aliphatic heterocycles. The molecule has 0 aliphatic carbocycles. The quantitative estimate of drug-likeness (QED) is 0.154. The SMILES string of the molecule is Cc1cn([C@H]2C[C@H](O)[C@@H](COP(=O)([O-])O[C@H]3O[C@H](CO)[C@H](O)[C@H](O)[C@H]3O)O2)c(=O)[nH]c1=O.[Li+]. The van der Waals surface area contributed by atoms with Crippen molar-refractivity contribution in [1.29, 1.82) is 0 Å². The third kappa shape index (κ3) is 6.41. The van der Waals surface area contributed by atoms with Crippen LogP contribution >= 0.6 is 7.82 Å². The Bertz CT molecular complexity index is 970. The Kier molecular flexibility index (Phi) is 9.65. The summed E-state index contributed by atoms with van der Waals surface area (Å²) in [5, 5.41) is 48.5. The van der Waals surface area contributed by atoms with Crippen LogP contribution in [-0.4, -0.2) is 91.2 Å². The molecule has 6 N–H and O–H groups in total. The van der Waals surface area contributed by atoms with Crippen LogP contribution in [0, 0.1) is 6.92 Å². The summed E-state index contributed by atoms with van der Waals surface area (Å²) < 4.78 is 32.8. The van der Waals surface area contributed by atoms with Crippen molar-refractivity contribution in [2.45, 2.75) is 62.5 Å². The Hall–Kier alpha value is -0.893. The zero-order valence-electron chi connectivity index (χ0n) is 17.7. The van der Waals surface area contributed by atoms with E-state index in [-0.39, 0.29) is 30.8 Å². The van der Waals surface area contributed by atoms with E-state index in [4.69, 9.17) is 14.6 Å². The van der Waals surface area contributed by atoms with Gasteiger partial charge in [0.15, 0.2) is 6.29 Å². The Balaban J connectivity index is 0.00000385. The Morgan fingerprint density at radius 3 is 2.48 bits per heavy atom. The molecule has 0 bridgehead atoms. The number of ether oxygens (including phenoxy) is 2. The van der Waals surface area contributed by atoms with Crippen molar-refractivity contribution in [2.24, 2.45) is 0 Å². The van der Waals surface area contributed by atoms with E-state index in [0.29, 0.717) is 0 Å². The minimum atomic E-state index is -5.19. The number of aromatic nitrogens is 2. The molecule has 2 fully saturated rings. The molecular weight excluding hydrogens is 466 g/mol. The van der Waals surface area contributed by atoms with Gasteiger partial charge in [0.2, 0.25) is 0 Å². The Labute approximate surface area is 198 Å². The Morgan fingerprint density at radius 2 is 1.85 bits per heavy atom. The average molecular weight is 490 g/mol. The van der Waals surface area contributed by atoms with Crippen molar-refractivity contribution in [3.8, 4) is 0 Å². The number of aryl methyl sites for hydroxylation is 1. The molecule has 0 saturated carbocycles. The first-order chi connectivity index (χ1) is 14.9. The molecule has 2 aliphatic rings. The standard InChI is InChI=1S/C16H25N2O13P.Li/c1-6-3-18(16(25)17-14(6)24)10-2-7(20)9(29-10)5-28-32(26,27)31-15-13(23)12(22)11(21)8(4-19)30-15;/h3,7-13,15,19-23H,2,4-5H2,1H3,(H,26,27)(H,17,24,25);/q;+1/p-1/t7-,8+,9+,10+,11-,12-,13+,15+;/m0./s1. The van der Waals surface area contributed by atoms with Gasteiger partial charge in [0.1, 0.15) is 36.7 Å². The summed E-state index contributed by atoms with van der Waals surface area (Å²) in [4.78, 5) is 37.7. The van der Waals surface area contributed by atoms with Gasteiger partial charge in [-0.1, -0.05) is 0 Å². The van der Waals surface area contributed by atoms with Crippen molar-refractivity contribution in [3.05, 3.63) is 32.6 Å². The van der Waals surface area contributed by atoms with Crippen molar-refractivity contribution < 1.29 is 72.4 Å². The van der Waals surface area contributed by atoms with E-state index in [0.717, 1.165) is 4.57 Å². The van der Waals surface area contributed by atoms with Crippen LogP contribution in [0.3, 0.4) is 0 Å². The fraction of sp³-hybridized carbons (Fsp3) is 0.750. The van der Waals surface area contributed by atoms with Gasteiger partial charge >= 0.3 is 24.6 Å². The molecule has 0 spiro atoms. The zero-order valence-corrected chi connectivity index (χ0v) is 18.6. The molecule has 0 radical (unpaired) electrons. The first-order valence-electron chi connectivity index (χ1n) is 9.53. The van der Waals surface area contributed by atoms with Gasteiger partial charge in [0.05, 0.1) is 19.3 Å². The zero-order chi connectivity index (χ0) is 23.8. The molecule has 33 heavy (non-hydrogen) atoms. The molecule has 15 nitrogen and oxygen atoms in total. The molecule has 3 rings (SSSR count). The maximum absolute atomic E-state index is 12.1. The van der Waals surface area contributed by atoms with Gasteiger partial charge < -0.3 is 44.4 Å². The summed E-state index contributed by atoms with van der Waals surface area (Å²) in [6.07, 6.45) is -11.2. The van der Waals surface area contributed by atoms with Gasteiger partial charge in [-0.25, -0.2) is 4.79 Å². The van der Waals surface area contributed by atoms with Crippen LogP contribution in [-0.2, 0) is 23.1 Å². The van der Waals surface area contributed by atoms with Crippen molar-refractivity contribution in [2.75, 3.05) is 13.2 Å². The number of hydrogen-bond acceptors (Lipinski definition) is 13. The average Bonchev–Trinajstić information content (AvgIpc) is 3.10. The topological polar surface area (TPSA) is 233 Å². The van der Waals surface area contributed by atoms with Gasteiger partial charge in [0.25, 0.3) is 13.4 Å². The number of phosphoric acid groups is 1. The summed E-state index contributed by atoms with van der Waals surface area (Å²) in [6, 6.07) is 0. The first-order valence-corrected chi connectivity index (χ1v) is 11.0. The molecule has 1 aromatic heterocycles. The number of nitrogens with zero attached hydrogens (tertiary/aromatic N) is 1. The predicted molar refractivity (Wildman–Crippen MR) is 99.0 cm³/mol. The van der Waals surface area contributed by atoms with E-state index >= 15 is 0 Å². The van der Waals surface area contributed by atoms with Crippen molar-refractivity contribution in [3.63, 3.8) is 0 Å². The molecule has 17 heteroatoms. The second-order valence-corrected chi connectivity index (χ2v) is 8.82. The maximum atomic E-state index is 12.1. The molecule has 182 valence electrons. The van der Waals surface area contributed by atoms with E-state index in [9.17, 15) is 39.5 Å². The molecule has 1 aromatic rings. The molecular formula is C16H24LiN2O13P. The van der Waals surface area contributed by atoms with Crippen LogP contribution < -0.4 is 35.0 Å². The van der Waals surface area contributed by atoms with E-state index in [2.05, 4.69) is 14.0 Å². The van der Waals surface area contributed by atoms with Gasteiger partial charge in [-0.2, -0.15) is 0 Å². The number of rotatable bonds is 7. The van der Waals surface area contributed by atoms with Gasteiger partial charge in [-0.3, -0.25) is 23.4 Å². The smallest absolute Gasteiger partial charge is 0.756 e. The van der Waals surface area contributed by atoms with Crippen LogP contribution in [0.1, 0.15) is 18.2 Å². The third-order valence-electron chi connectivity index (χ3n) is 5.14. The molecule has 0 amide bonds. The fourth-order valence-electron chi connectivity index (χ4n) is 3.31. The van der Waals surface area contributed by atoms with E-state index in [1.54, 1.807) is 0 Å². The largest absolute Gasteiger partial charge is 1.00 e. The number of nitrogens with one attached hydrogen (secondary N) is 1. The third-order valence-corrected chi connectivity index (χ3v) is 6.07. The number of phosphoric ester groups is 1. The van der Waals surface area contributed by atoms with Gasteiger partial charge in [0, 0.05) is 18.2 Å². The Morgan fingerprint density at radius 1 is 1.18 bits per heavy atom. The van der Waals surface area contributed by atoms with Crippen molar-refractivity contribution in [1.82, 2.24) is 9.55 Å². The van der Waals surface area contributed by atoms with E-state index in [1.165, 1.54) is 13.1 Å². The number of aromatic amines is 1. The van der Waals surface area contributed by atoms with E-state index in [1.807, 2.05) is 0 Å². The van der Waals surface area contributed by atoms with Crippen LogP contribution in [0.4, 0.5) is 0 Å². The van der Waals surface area contributed by atoms with Crippen LogP contribution in [0.15, 0.2) is 15.8 Å².